The predicted octanol–water partition coefficient (Wildman–Crippen LogP) is 4.49. The van der Waals surface area contributed by atoms with Crippen LogP contribution in [-0.2, 0) is 15.1 Å². The van der Waals surface area contributed by atoms with E-state index >= 15 is 0 Å². The van der Waals surface area contributed by atoms with Crippen molar-refractivity contribution in [2.45, 2.75) is 37.0 Å². The Morgan fingerprint density at radius 2 is 1.65 bits per heavy atom. The van der Waals surface area contributed by atoms with E-state index in [-0.39, 0.29) is 30.0 Å². The van der Waals surface area contributed by atoms with Crippen LogP contribution in [0.4, 0.5) is 13.2 Å². The Balaban J connectivity index is 1.61. The van der Waals surface area contributed by atoms with E-state index < -0.39 is 17.7 Å². The van der Waals surface area contributed by atoms with Crippen molar-refractivity contribution < 1.29 is 27.4 Å². The summed E-state index contributed by atoms with van der Waals surface area (Å²) in [5.41, 5.74) is -2.24. The number of piperidine rings is 2. The van der Waals surface area contributed by atoms with E-state index in [1.54, 1.807) is 13.2 Å². The first-order chi connectivity index (χ1) is 16.3. The van der Waals surface area contributed by atoms with Gasteiger partial charge in [-0.05, 0) is 42.9 Å². The SMILES string of the molecule is COc1ccccc1[C@@H]1CNCCC12CCN(C(=O)[C@](OC)(c1ccccc1)C(F)(F)F)CC2. The van der Waals surface area contributed by atoms with Crippen molar-refractivity contribution in [3.05, 3.63) is 65.7 Å². The Bertz CT molecular complexity index is 990. The molecule has 2 aromatic carbocycles. The van der Waals surface area contributed by atoms with Gasteiger partial charge in [-0.3, -0.25) is 4.79 Å². The van der Waals surface area contributed by atoms with Crippen LogP contribution in [0, 0.1) is 5.41 Å². The van der Waals surface area contributed by atoms with Crippen LogP contribution in [-0.4, -0.2) is 57.4 Å². The summed E-state index contributed by atoms with van der Waals surface area (Å²) in [4.78, 5) is 14.8. The molecule has 0 aliphatic carbocycles. The van der Waals surface area contributed by atoms with Gasteiger partial charge in [0.25, 0.3) is 11.5 Å². The molecule has 2 aliphatic heterocycles. The molecule has 2 aromatic rings. The van der Waals surface area contributed by atoms with Gasteiger partial charge < -0.3 is 19.7 Å². The number of ether oxygens (including phenoxy) is 2. The van der Waals surface area contributed by atoms with Crippen LogP contribution in [0.25, 0.3) is 0 Å². The van der Waals surface area contributed by atoms with E-state index in [4.69, 9.17) is 9.47 Å². The molecule has 1 amide bonds. The quantitative estimate of drug-likeness (QED) is 0.691. The number of halogens is 3. The van der Waals surface area contributed by atoms with E-state index in [0.29, 0.717) is 12.8 Å². The monoisotopic (exact) mass is 476 g/mol. The van der Waals surface area contributed by atoms with Gasteiger partial charge in [0.1, 0.15) is 5.75 Å². The van der Waals surface area contributed by atoms with E-state index in [1.165, 1.54) is 29.2 Å². The van der Waals surface area contributed by atoms with Gasteiger partial charge in [-0.1, -0.05) is 48.5 Å². The van der Waals surface area contributed by atoms with Crippen molar-refractivity contribution in [1.82, 2.24) is 10.2 Å². The maximum Gasteiger partial charge on any atom is 0.430 e. The minimum absolute atomic E-state index is 0.114. The van der Waals surface area contributed by atoms with Crippen molar-refractivity contribution in [2.24, 2.45) is 5.41 Å². The average molecular weight is 477 g/mol. The first-order valence-corrected chi connectivity index (χ1v) is 11.6. The van der Waals surface area contributed by atoms with Gasteiger partial charge in [0.2, 0.25) is 0 Å². The van der Waals surface area contributed by atoms with Crippen LogP contribution < -0.4 is 10.1 Å². The van der Waals surface area contributed by atoms with Crippen molar-refractivity contribution in [1.29, 1.82) is 0 Å². The molecule has 5 nitrogen and oxygen atoms in total. The first-order valence-electron chi connectivity index (χ1n) is 11.6. The second-order valence-electron chi connectivity index (χ2n) is 9.15. The predicted molar refractivity (Wildman–Crippen MR) is 123 cm³/mol. The van der Waals surface area contributed by atoms with Crippen molar-refractivity contribution in [2.75, 3.05) is 40.4 Å². The maximum absolute atomic E-state index is 14.4. The lowest BCUT2D eigenvalue weighted by Gasteiger charge is -2.51. The summed E-state index contributed by atoms with van der Waals surface area (Å²) in [5, 5.41) is 3.46. The van der Waals surface area contributed by atoms with Crippen LogP contribution in [0.5, 0.6) is 5.75 Å². The number of carbonyl (C=O) groups is 1. The van der Waals surface area contributed by atoms with Gasteiger partial charge in [0.15, 0.2) is 0 Å². The minimum atomic E-state index is -4.90. The Morgan fingerprint density at radius 1 is 1.00 bits per heavy atom. The number of nitrogens with one attached hydrogen (secondary N) is 1. The molecule has 2 atom stereocenters. The molecule has 2 heterocycles. The van der Waals surface area contributed by atoms with E-state index in [9.17, 15) is 18.0 Å². The molecule has 34 heavy (non-hydrogen) atoms. The molecule has 0 unspecified atom stereocenters. The molecule has 2 saturated heterocycles. The number of para-hydroxylation sites is 1. The molecule has 1 spiro atoms. The summed E-state index contributed by atoms with van der Waals surface area (Å²) in [6.07, 6.45) is -2.76. The van der Waals surface area contributed by atoms with Gasteiger partial charge in [0.05, 0.1) is 7.11 Å². The Morgan fingerprint density at radius 3 is 2.26 bits per heavy atom. The number of rotatable bonds is 5. The Labute approximate surface area is 198 Å². The molecule has 0 bridgehead atoms. The van der Waals surface area contributed by atoms with Crippen molar-refractivity contribution in [3.63, 3.8) is 0 Å². The highest BCUT2D eigenvalue weighted by atomic mass is 19.4. The molecule has 184 valence electrons. The average Bonchev–Trinajstić information content (AvgIpc) is 2.85. The number of benzene rings is 2. The van der Waals surface area contributed by atoms with Gasteiger partial charge in [-0.25, -0.2) is 0 Å². The fourth-order valence-corrected chi connectivity index (χ4v) is 5.75. The maximum atomic E-state index is 14.4. The van der Waals surface area contributed by atoms with Crippen molar-refractivity contribution in [3.8, 4) is 5.75 Å². The molecular formula is C26H31F3N2O3. The zero-order valence-electron chi connectivity index (χ0n) is 19.5. The summed E-state index contributed by atoms with van der Waals surface area (Å²) in [6, 6.07) is 15.1. The molecule has 1 N–H and O–H groups in total. The third-order valence-electron chi connectivity index (χ3n) is 7.63. The summed E-state index contributed by atoms with van der Waals surface area (Å²) in [6.45, 7) is 2.11. The van der Waals surface area contributed by atoms with Crippen molar-refractivity contribution >= 4 is 5.91 Å². The topological polar surface area (TPSA) is 50.8 Å². The third-order valence-corrected chi connectivity index (χ3v) is 7.63. The number of nitrogens with zero attached hydrogens (tertiary/aromatic N) is 1. The molecule has 0 saturated carbocycles. The lowest BCUT2D eigenvalue weighted by Crippen LogP contribution is -2.59. The highest BCUT2D eigenvalue weighted by Gasteiger charge is 2.64. The number of hydrogen-bond donors (Lipinski definition) is 1. The highest BCUT2D eigenvalue weighted by Crippen LogP contribution is 2.51. The number of hydrogen-bond acceptors (Lipinski definition) is 4. The highest BCUT2D eigenvalue weighted by molar-refractivity contribution is 5.88. The van der Waals surface area contributed by atoms with Gasteiger partial charge in [-0.2, -0.15) is 13.2 Å². The minimum Gasteiger partial charge on any atom is -0.496 e. The number of carbonyl (C=O) groups excluding carboxylic acids is 1. The number of alkyl halides is 3. The van der Waals surface area contributed by atoms with E-state index in [0.717, 1.165) is 37.9 Å². The summed E-state index contributed by atoms with van der Waals surface area (Å²) < 4.78 is 53.8. The summed E-state index contributed by atoms with van der Waals surface area (Å²) >= 11 is 0. The van der Waals surface area contributed by atoms with E-state index in [1.807, 2.05) is 18.2 Å². The zero-order chi connectivity index (χ0) is 24.4. The van der Waals surface area contributed by atoms with Crippen LogP contribution in [0.15, 0.2) is 54.6 Å². The standard InChI is InChI=1S/C26H31F3N2O3/c1-33-22-11-7-6-10-20(22)21-18-30-15-12-24(21)13-16-31(17-14-24)23(32)25(34-2,26(27,28)29)19-8-4-3-5-9-19/h3-11,21,30H,12-18H2,1-2H3/t21-,25+/m0/s1. The van der Waals surface area contributed by atoms with E-state index in [2.05, 4.69) is 11.4 Å². The Kier molecular flexibility index (Phi) is 6.92. The van der Waals surface area contributed by atoms with Gasteiger partial charge in [-0.15, -0.1) is 0 Å². The van der Waals surface area contributed by atoms with Crippen LogP contribution in [0.3, 0.4) is 0 Å². The molecule has 4 rings (SSSR count). The molecule has 8 heteroatoms. The molecule has 2 fully saturated rings. The lowest BCUT2D eigenvalue weighted by molar-refractivity contribution is -0.271. The molecule has 0 aromatic heterocycles. The molecule has 0 radical (unpaired) electrons. The smallest absolute Gasteiger partial charge is 0.430 e. The first kappa shape index (κ1) is 24.5. The second-order valence-corrected chi connectivity index (χ2v) is 9.15. The van der Waals surface area contributed by atoms with Crippen LogP contribution in [0.1, 0.15) is 36.3 Å². The van der Waals surface area contributed by atoms with Gasteiger partial charge in [0, 0.05) is 38.2 Å². The molecule has 2 aliphatic rings. The lowest BCUT2D eigenvalue weighted by atomic mass is 9.62. The fraction of sp³-hybridized carbons (Fsp3) is 0.500. The summed E-state index contributed by atoms with van der Waals surface area (Å²) in [7, 11) is 2.60. The van der Waals surface area contributed by atoms with Gasteiger partial charge >= 0.3 is 6.18 Å². The number of methoxy groups -OCH3 is 2. The Hall–Kier alpha value is -2.58. The van der Waals surface area contributed by atoms with Crippen LogP contribution >= 0.6 is 0 Å². The molecular weight excluding hydrogens is 445 g/mol. The normalized spacial score (nSPS) is 22.3. The fourth-order valence-electron chi connectivity index (χ4n) is 5.75. The third kappa shape index (κ3) is 4.07. The number of likely N-dealkylation sites (tertiary alicyclic amines) is 1. The zero-order valence-corrected chi connectivity index (χ0v) is 19.5. The van der Waals surface area contributed by atoms with Crippen LogP contribution in [0.2, 0.25) is 0 Å². The summed E-state index contributed by atoms with van der Waals surface area (Å²) in [5.74, 6) is -0.0847. The second kappa shape index (κ2) is 9.58. The number of amides is 1. The largest absolute Gasteiger partial charge is 0.496 e.